The molecule has 0 atom stereocenters. The van der Waals surface area contributed by atoms with E-state index in [0.29, 0.717) is 5.92 Å². The zero-order chi connectivity index (χ0) is 18.6. The van der Waals surface area contributed by atoms with Crippen LogP contribution in [0.1, 0.15) is 43.0 Å². The van der Waals surface area contributed by atoms with Crippen LogP contribution >= 0.6 is 11.3 Å². The highest BCUT2D eigenvalue weighted by Crippen LogP contribution is 2.34. The van der Waals surface area contributed by atoms with E-state index in [1.807, 2.05) is 40.5 Å². The highest BCUT2D eigenvalue weighted by Gasteiger charge is 2.14. The van der Waals surface area contributed by atoms with E-state index >= 15 is 0 Å². The molecule has 0 spiro atoms. The molecule has 0 fully saturated rings. The van der Waals surface area contributed by atoms with Crippen molar-refractivity contribution in [1.29, 1.82) is 0 Å². The Labute approximate surface area is 163 Å². The fourth-order valence-corrected chi connectivity index (χ4v) is 4.55. The molecule has 0 unspecified atom stereocenters. The molecule has 0 bridgehead atoms. The molecule has 1 aromatic carbocycles. The van der Waals surface area contributed by atoms with Crippen LogP contribution in [0.2, 0.25) is 0 Å². The van der Waals surface area contributed by atoms with Crippen LogP contribution in [0.5, 0.6) is 0 Å². The van der Waals surface area contributed by atoms with Gasteiger partial charge in [0.1, 0.15) is 0 Å². The number of hydrogen-bond donors (Lipinski definition) is 1. The van der Waals surface area contributed by atoms with Gasteiger partial charge in [-0.15, -0.1) is 11.3 Å². The van der Waals surface area contributed by atoms with Gasteiger partial charge >= 0.3 is 0 Å². The fourth-order valence-electron chi connectivity index (χ4n) is 3.37. The van der Waals surface area contributed by atoms with Crippen molar-refractivity contribution < 1.29 is 0 Å². The molecule has 27 heavy (non-hydrogen) atoms. The molecular weight excluding hydrogens is 352 g/mol. The van der Waals surface area contributed by atoms with Crippen molar-refractivity contribution in [2.45, 2.75) is 39.2 Å². The van der Waals surface area contributed by atoms with Gasteiger partial charge in [0.05, 0.1) is 24.3 Å². The molecule has 1 N–H and O–H groups in total. The van der Waals surface area contributed by atoms with Crippen molar-refractivity contribution in [2.24, 2.45) is 0 Å². The number of benzene rings is 1. The highest BCUT2D eigenvalue weighted by molar-refractivity contribution is 7.10. The van der Waals surface area contributed by atoms with Crippen LogP contribution in [0, 0.1) is 0 Å². The lowest BCUT2D eigenvalue weighted by Gasteiger charge is -2.08. The van der Waals surface area contributed by atoms with Crippen molar-refractivity contribution in [1.82, 2.24) is 14.6 Å². The molecule has 4 nitrogen and oxygen atoms in total. The first-order valence-electron chi connectivity index (χ1n) is 9.48. The maximum atomic E-state index is 4.67. The summed E-state index contributed by atoms with van der Waals surface area (Å²) >= 11 is 1.85. The average Bonchev–Trinajstić information content (AvgIpc) is 3.35. The summed E-state index contributed by atoms with van der Waals surface area (Å²) in [6.07, 6.45) is 8.17. The van der Waals surface area contributed by atoms with Gasteiger partial charge in [0.25, 0.3) is 0 Å². The Morgan fingerprint density at radius 3 is 2.70 bits per heavy atom. The van der Waals surface area contributed by atoms with Crippen LogP contribution < -0.4 is 5.32 Å². The van der Waals surface area contributed by atoms with Gasteiger partial charge in [0.2, 0.25) is 0 Å². The van der Waals surface area contributed by atoms with Gasteiger partial charge in [0.15, 0.2) is 5.65 Å². The lowest BCUT2D eigenvalue weighted by Crippen LogP contribution is -2.01. The van der Waals surface area contributed by atoms with E-state index in [-0.39, 0.29) is 0 Å². The quantitative estimate of drug-likeness (QED) is 0.432. The Bertz CT molecular complexity index is 1020. The number of anilines is 1. The molecule has 0 aliphatic rings. The molecule has 0 saturated carbocycles. The lowest BCUT2D eigenvalue weighted by atomic mass is 10.0. The second kappa shape index (κ2) is 7.92. The number of fused-ring (bicyclic) bond motifs is 1. The summed E-state index contributed by atoms with van der Waals surface area (Å²) in [7, 11) is 0. The van der Waals surface area contributed by atoms with Crippen LogP contribution in [-0.2, 0) is 6.54 Å². The summed E-state index contributed by atoms with van der Waals surface area (Å²) in [5, 5.41) is 10.2. The predicted molar refractivity (Wildman–Crippen MR) is 113 cm³/mol. The number of hydrogen-bond acceptors (Lipinski definition) is 4. The molecule has 0 amide bonds. The van der Waals surface area contributed by atoms with E-state index in [0.717, 1.165) is 23.4 Å². The van der Waals surface area contributed by atoms with Crippen LogP contribution in [0.25, 0.3) is 16.8 Å². The maximum Gasteiger partial charge on any atom is 0.162 e. The SMILES string of the molecule is CCC(CC)c1cc(-c2cnn3cc(NCc4ccccc4)cnc23)cs1. The number of thiophene rings is 1. The van der Waals surface area contributed by atoms with Crippen LogP contribution in [0.15, 0.2) is 60.4 Å². The van der Waals surface area contributed by atoms with Gasteiger partial charge in [-0.05, 0) is 41.3 Å². The summed E-state index contributed by atoms with van der Waals surface area (Å²) in [6.45, 7) is 5.29. The Morgan fingerprint density at radius 2 is 1.93 bits per heavy atom. The van der Waals surface area contributed by atoms with E-state index in [4.69, 9.17) is 0 Å². The van der Waals surface area contributed by atoms with Crippen LogP contribution in [-0.4, -0.2) is 14.6 Å². The molecule has 0 aliphatic carbocycles. The van der Waals surface area contributed by atoms with Gasteiger partial charge in [-0.2, -0.15) is 5.10 Å². The van der Waals surface area contributed by atoms with Crippen molar-refractivity contribution in [2.75, 3.05) is 5.32 Å². The largest absolute Gasteiger partial charge is 0.378 e. The highest BCUT2D eigenvalue weighted by atomic mass is 32.1. The van der Waals surface area contributed by atoms with Crippen LogP contribution in [0.3, 0.4) is 0 Å². The first-order chi connectivity index (χ1) is 13.3. The topological polar surface area (TPSA) is 42.2 Å². The predicted octanol–water partition coefficient (Wildman–Crippen LogP) is 5.97. The molecule has 0 radical (unpaired) electrons. The van der Waals surface area contributed by atoms with Gasteiger partial charge in [-0.25, -0.2) is 9.50 Å². The van der Waals surface area contributed by atoms with E-state index in [9.17, 15) is 0 Å². The number of aromatic nitrogens is 3. The molecule has 0 saturated heterocycles. The molecule has 5 heteroatoms. The summed E-state index contributed by atoms with van der Waals surface area (Å²) in [5.41, 5.74) is 5.41. The monoisotopic (exact) mass is 376 g/mol. The van der Waals surface area contributed by atoms with Gasteiger partial charge < -0.3 is 5.32 Å². The van der Waals surface area contributed by atoms with Gasteiger partial charge in [-0.3, -0.25) is 0 Å². The zero-order valence-electron chi connectivity index (χ0n) is 15.7. The first kappa shape index (κ1) is 17.7. The summed E-state index contributed by atoms with van der Waals surface area (Å²) in [6, 6.07) is 12.7. The molecule has 3 heterocycles. The number of rotatable bonds is 7. The normalized spacial score (nSPS) is 11.4. The molecule has 3 aromatic heterocycles. The van der Waals surface area contributed by atoms with E-state index in [2.05, 4.69) is 65.0 Å². The zero-order valence-corrected chi connectivity index (χ0v) is 16.5. The summed E-state index contributed by atoms with van der Waals surface area (Å²) in [5.74, 6) is 0.646. The van der Waals surface area contributed by atoms with Crippen molar-refractivity contribution in [3.05, 3.63) is 70.8 Å². The molecule has 4 rings (SSSR count). The molecule has 0 aliphatic heterocycles. The van der Waals surface area contributed by atoms with Crippen molar-refractivity contribution in [3.63, 3.8) is 0 Å². The summed E-state index contributed by atoms with van der Waals surface area (Å²) in [4.78, 5) is 6.12. The minimum atomic E-state index is 0.646. The molecular formula is C22H24N4S. The van der Waals surface area contributed by atoms with Gasteiger partial charge in [-0.1, -0.05) is 44.2 Å². The number of nitrogens with one attached hydrogen (secondary N) is 1. The minimum Gasteiger partial charge on any atom is -0.378 e. The third-order valence-electron chi connectivity index (χ3n) is 5.01. The average molecular weight is 377 g/mol. The molecule has 138 valence electrons. The lowest BCUT2D eigenvalue weighted by molar-refractivity contribution is 0.653. The van der Waals surface area contributed by atoms with E-state index in [1.165, 1.54) is 28.8 Å². The Kier molecular flexibility index (Phi) is 5.21. The van der Waals surface area contributed by atoms with Gasteiger partial charge in [0, 0.05) is 17.0 Å². The van der Waals surface area contributed by atoms with E-state index in [1.54, 1.807) is 0 Å². The maximum absolute atomic E-state index is 4.67. The van der Waals surface area contributed by atoms with Crippen molar-refractivity contribution in [3.8, 4) is 11.1 Å². The molecule has 4 aromatic rings. The first-order valence-corrected chi connectivity index (χ1v) is 10.4. The van der Waals surface area contributed by atoms with Crippen LogP contribution in [0.4, 0.5) is 5.69 Å². The smallest absolute Gasteiger partial charge is 0.162 e. The summed E-state index contributed by atoms with van der Waals surface area (Å²) < 4.78 is 1.86. The third-order valence-corrected chi connectivity index (χ3v) is 6.11. The second-order valence-corrected chi connectivity index (χ2v) is 7.70. The Hall–Kier alpha value is -2.66. The van der Waals surface area contributed by atoms with Crippen molar-refractivity contribution >= 4 is 22.7 Å². The Balaban J connectivity index is 1.56. The second-order valence-electron chi connectivity index (χ2n) is 6.76. The standard InChI is InChI=1S/C22H24N4S/c1-3-17(4-2)21-10-18(15-27-21)20-13-25-26-14-19(12-24-22(20)26)23-11-16-8-6-5-7-9-16/h5-10,12-15,17,23H,3-4,11H2,1-2H3. The third kappa shape index (κ3) is 3.74. The Morgan fingerprint density at radius 1 is 1.11 bits per heavy atom. The minimum absolute atomic E-state index is 0.646. The number of nitrogens with zero attached hydrogens (tertiary/aromatic N) is 3. The van der Waals surface area contributed by atoms with E-state index < -0.39 is 0 Å². The fraction of sp³-hybridized carbons (Fsp3) is 0.273.